The third-order valence-electron chi connectivity index (χ3n) is 8.78. The molecule has 21 heteroatoms. The van der Waals surface area contributed by atoms with Crippen molar-refractivity contribution in [2.45, 2.75) is 0 Å². The molecule has 8 aromatic rings. The lowest BCUT2D eigenvalue weighted by Gasteiger charge is -2.11. The minimum absolute atomic E-state index is 0.0376. The molecule has 0 saturated heterocycles. The van der Waals surface area contributed by atoms with Gasteiger partial charge in [0.25, 0.3) is 0 Å². The van der Waals surface area contributed by atoms with Crippen LogP contribution in [-0.4, -0.2) is 67.4 Å². The maximum absolute atomic E-state index is 13.9. The van der Waals surface area contributed by atoms with Gasteiger partial charge in [0.15, 0.2) is 0 Å². The second-order valence-corrected chi connectivity index (χ2v) is 12.6. The number of nitrogens with one attached hydrogen (secondary N) is 1. The van der Waals surface area contributed by atoms with E-state index < -0.39 is 32.9 Å². The highest BCUT2D eigenvalue weighted by molar-refractivity contribution is 6.28. The van der Waals surface area contributed by atoms with Crippen molar-refractivity contribution >= 4 is 62.1 Å². The lowest BCUT2D eigenvalue weighted by molar-refractivity contribution is -0.387. The lowest BCUT2D eigenvalue weighted by atomic mass is 10.2. The van der Waals surface area contributed by atoms with Crippen molar-refractivity contribution in [3.63, 3.8) is 0 Å². The number of nitrogens with two attached hydrogens (primary N) is 1. The summed E-state index contributed by atoms with van der Waals surface area (Å²) in [6, 6.07) is 22.8. The van der Waals surface area contributed by atoms with E-state index in [0.717, 1.165) is 63.4 Å². The highest BCUT2D eigenvalue weighted by Gasteiger charge is 2.20. The molecule has 0 aliphatic rings. The molecule has 0 spiro atoms. The van der Waals surface area contributed by atoms with Gasteiger partial charge in [0.2, 0.25) is 22.9 Å². The van der Waals surface area contributed by atoms with E-state index in [1.165, 1.54) is 14.2 Å². The molecule has 0 aliphatic heterocycles. The molecule has 4 aromatic carbocycles. The molecule has 18 nitrogen and oxygen atoms in total. The van der Waals surface area contributed by atoms with Gasteiger partial charge in [-0.15, -0.1) is 0 Å². The normalized spacial score (nSPS) is 10.5. The summed E-state index contributed by atoms with van der Waals surface area (Å²) >= 11 is 5.81. The van der Waals surface area contributed by atoms with Crippen LogP contribution in [0.5, 0.6) is 23.0 Å². The van der Waals surface area contributed by atoms with E-state index in [4.69, 9.17) is 31.5 Å². The number of aromatic nitrogens is 6. The summed E-state index contributed by atoms with van der Waals surface area (Å²) in [5, 5.41) is 26.4. The van der Waals surface area contributed by atoms with Crippen LogP contribution in [0, 0.1) is 31.9 Å². The average Bonchev–Trinajstić information content (AvgIpc) is 3.90. The van der Waals surface area contributed by atoms with Crippen LogP contribution < -0.4 is 30.0 Å². The van der Waals surface area contributed by atoms with E-state index in [2.05, 4.69) is 30.0 Å². The van der Waals surface area contributed by atoms with Gasteiger partial charge in [-0.3, -0.25) is 20.2 Å². The van der Waals surface area contributed by atoms with Crippen molar-refractivity contribution in [1.82, 2.24) is 29.1 Å². The number of hydrogen-bond donors (Lipinski definition) is 2. The summed E-state index contributed by atoms with van der Waals surface area (Å²) in [5.74, 6) is 1.25. The van der Waals surface area contributed by atoms with Gasteiger partial charge in [0.1, 0.15) is 34.6 Å². The molecule has 4 aromatic heterocycles. The minimum Gasteiger partial charge on any atom is -0.496 e. The molecular formula is C40H33ClF2N10O8. The fraction of sp³-hybridized carbons (Fsp3) is 0.100. The summed E-state index contributed by atoms with van der Waals surface area (Å²) in [6.07, 6.45) is 6.96. The Morgan fingerprint density at radius 3 is 1.66 bits per heavy atom. The van der Waals surface area contributed by atoms with Gasteiger partial charge in [0, 0.05) is 59.8 Å². The van der Waals surface area contributed by atoms with Gasteiger partial charge in [-0.25, -0.2) is 9.97 Å². The largest absolute Gasteiger partial charge is 0.496 e. The van der Waals surface area contributed by atoms with Gasteiger partial charge in [0.05, 0.1) is 60.7 Å². The number of nitro benzene ring substituents is 2. The van der Waals surface area contributed by atoms with Gasteiger partial charge < -0.3 is 39.1 Å². The number of nitrogen functional groups attached to an aromatic ring is 1. The van der Waals surface area contributed by atoms with E-state index in [1.807, 2.05) is 76.1 Å². The molecule has 0 fully saturated rings. The molecule has 0 amide bonds. The summed E-state index contributed by atoms with van der Waals surface area (Å²) < 4.78 is 51.1. The first kappa shape index (κ1) is 42.5. The topological polar surface area (TPSA) is 223 Å². The number of fused-ring (bicyclic) bond motifs is 2. The zero-order valence-corrected chi connectivity index (χ0v) is 33.2. The Morgan fingerprint density at radius 2 is 1.15 bits per heavy atom. The van der Waals surface area contributed by atoms with Crippen LogP contribution in [0.4, 0.5) is 37.5 Å². The van der Waals surface area contributed by atoms with Crippen molar-refractivity contribution < 1.29 is 37.6 Å². The Bertz CT molecular complexity index is 2890. The van der Waals surface area contributed by atoms with Crippen LogP contribution in [0.1, 0.15) is 0 Å². The molecule has 0 aliphatic carbocycles. The highest BCUT2D eigenvalue weighted by Crippen LogP contribution is 2.34. The molecule has 312 valence electrons. The third-order valence-corrected chi connectivity index (χ3v) is 8.96. The quantitative estimate of drug-likeness (QED) is 0.0569. The predicted octanol–water partition coefficient (Wildman–Crippen LogP) is 8.64. The molecular weight excluding hydrogens is 822 g/mol. The number of nitro groups is 2. The number of anilines is 3. The van der Waals surface area contributed by atoms with Crippen molar-refractivity contribution in [3.05, 3.63) is 147 Å². The van der Waals surface area contributed by atoms with Crippen LogP contribution in [0.2, 0.25) is 5.28 Å². The first-order valence-corrected chi connectivity index (χ1v) is 17.9. The monoisotopic (exact) mass is 854 g/mol. The molecule has 0 atom stereocenters. The third kappa shape index (κ3) is 9.29. The number of methoxy groups -OCH3 is 4. The van der Waals surface area contributed by atoms with E-state index >= 15 is 0 Å². The molecule has 4 heterocycles. The molecule has 61 heavy (non-hydrogen) atoms. The average molecular weight is 855 g/mol. The molecule has 0 saturated carbocycles. The predicted molar refractivity (Wildman–Crippen MR) is 223 cm³/mol. The van der Waals surface area contributed by atoms with Gasteiger partial charge in [-0.1, -0.05) is 12.1 Å². The summed E-state index contributed by atoms with van der Waals surface area (Å²) in [7, 11) is 5.90. The first-order chi connectivity index (χ1) is 29.4. The van der Waals surface area contributed by atoms with Crippen LogP contribution in [0.3, 0.4) is 0 Å². The first-order valence-electron chi connectivity index (χ1n) is 17.5. The number of rotatable bonds is 10. The number of ether oxygens (including phenoxy) is 4. The van der Waals surface area contributed by atoms with E-state index in [0.29, 0.717) is 5.82 Å². The number of benzene rings is 4. The van der Waals surface area contributed by atoms with Crippen LogP contribution in [0.15, 0.2) is 110 Å². The van der Waals surface area contributed by atoms with E-state index in [1.54, 1.807) is 32.7 Å². The Labute approximate surface area is 349 Å². The van der Waals surface area contributed by atoms with Crippen LogP contribution in [0.25, 0.3) is 33.4 Å². The fourth-order valence-corrected chi connectivity index (χ4v) is 6.13. The van der Waals surface area contributed by atoms with E-state index in [-0.39, 0.29) is 34.1 Å². The number of halogens is 3. The van der Waals surface area contributed by atoms with Gasteiger partial charge in [-0.05, 0) is 60.1 Å². The summed E-state index contributed by atoms with van der Waals surface area (Å²) in [4.78, 5) is 36.4. The zero-order valence-electron chi connectivity index (χ0n) is 32.4. The van der Waals surface area contributed by atoms with Gasteiger partial charge in [-0.2, -0.15) is 18.7 Å². The highest BCUT2D eigenvalue weighted by atomic mass is 35.5. The van der Waals surface area contributed by atoms with Crippen molar-refractivity contribution in [2.75, 3.05) is 39.5 Å². The van der Waals surface area contributed by atoms with E-state index in [9.17, 15) is 29.0 Å². The van der Waals surface area contributed by atoms with Crippen molar-refractivity contribution in [3.8, 4) is 34.6 Å². The Kier molecular flexibility index (Phi) is 13.0. The van der Waals surface area contributed by atoms with Crippen molar-refractivity contribution in [1.29, 1.82) is 0 Å². The number of hydrogen-bond acceptors (Lipinski definition) is 14. The second-order valence-electron chi connectivity index (χ2n) is 12.3. The summed E-state index contributed by atoms with van der Waals surface area (Å²) in [6.45, 7) is 0. The van der Waals surface area contributed by atoms with Crippen molar-refractivity contribution in [2.24, 2.45) is 0 Å². The number of nitrogens with zero attached hydrogens (tertiary/aromatic N) is 8. The molecule has 3 N–H and O–H groups in total. The summed E-state index contributed by atoms with van der Waals surface area (Å²) in [5.41, 5.74) is 6.11. The smallest absolute Gasteiger partial charge is 0.307 e. The Balaban J connectivity index is 0.000000170. The maximum Gasteiger partial charge on any atom is 0.307 e. The molecule has 0 radical (unpaired) electrons. The fourth-order valence-electron chi connectivity index (χ4n) is 5.99. The minimum atomic E-state index is -0.996. The maximum atomic E-state index is 13.9. The standard InChI is InChI=1S/C20H16FN5O4.C13H10ClN3O.C7H7FN2O3/c1-29-17-5-3-4-15-12(17)7-9-25(15)19-6-8-22-20(24-19)23-14-11-16(26(27)28)13(21)10-18(14)30-2;1-18-11-4-2-3-10-9(11)6-8-17(10)12-5-7-15-13(14)16-12;1-13-7-2-4(8)6(10(11)12)3-5(7)9/h3-11H,1-2H3,(H,22,23,24);2-8H,1H3;2-3H,9H2,1H3. The molecule has 8 rings (SSSR count). The van der Waals surface area contributed by atoms with Crippen LogP contribution in [-0.2, 0) is 0 Å². The van der Waals surface area contributed by atoms with Gasteiger partial charge >= 0.3 is 11.4 Å². The molecule has 0 bridgehead atoms. The zero-order chi connectivity index (χ0) is 43.8. The Morgan fingerprint density at radius 1 is 0.656 bits per heavy atom. The lowest BCUT2D eigenvalue weighted by Crippen LogP contribution is -2.04. The Hall–Kier alpha value is -8.13. The van der Waals surface area contributed by atoms with Crippen LogP contribution >= 0.6 is 11.6 Å². The second kappa shape index (κ2) is 18.6. The SMILES string of the molecule is COc1cc(F)c([N+](=O)[O-])cc1N.COc1cc(F)c([N+](=O)[O-])cc1Nc1nccc(-n2ccc3c(OC)cccc32)n1.COc1cccc2c1ccn2-c1ccnc(Cl)n1. The molecule has 0 unspecified atom stereocenters.